The average Bonchev–Trinajstić information content (AvgIpc) is 4.15. The second-order valence-electron chi connectivity index (χ2n) is 17.2. The molecule has 4 aromatic carbocycles. The molecule has 6 aromatic rings. The van der Waals surface area contributed by atoms with Crippen LogP contribution in [0.25, 0.3) is 44.2 Å². The summed E-state index contributed by atoms with van der Waals surface area (Å²) < 4.78 is 21.9. The highest BCUT2D eigenvalue weighted by molar-refractivity contribution is 6.07. The van der Waals surface area contributed by atoms with Crippen LogP contribution in [0.5, 0.6) is 5.75 Å². The van der Waals surface area contributed by atoms with Crippen molar-refractivity contribution in [3.8, 4) is 28.1 Å². The molecule has 16 heteroatoms. The number of aliphatic hydroxyl groups excluding tert-OH is 1. The van der Waals surface area contributed by atoms with Crippen molar-refractivity contribution in [3.05, 3.63) is 102 Å². The number of hydrogen-bond donors (Lipinski definition) is 5. The van der Waals surface area contributed by atoms with Crippen molar-refractivity contribution < 1.29 is 38.4 Å². The summed E-state index contributed by atoms with van der Waals surface area (Å²) in [4.78, 5) is 61.2. The third-order valence-corrected chi connectivity index (χ3v) is 12.8. The molecule has 334 valence electrons. The molecule has 2 aromatic heterocycles. The Balaban J connectivity index is 0.976. The number of imidazole rings is 2. The molecule has 2 fully saturated rings. The maximum atomic E-state index is 14.4. The first kappa shape index (κ1) is 42.9. The zero-order valence-electron chi connectivity index (χ0n) is 36.6. The van der Waals surface area contributed by atoms with Crippen molar-refractivity contribution >= 4 is 39.7 Å². The second kappa shape index (κ2) is 18.0. The molecule has 3 amide bonds. The van der Waals surface area contributed by atoms with Gasteiger partial charge in [-0.25, -0.2) is 14.8 Å². The minimum absolute atomic E-state index is 0.0616. The number of fused-ring (bicyclic) bond motifs is 6. The van der Waals surface area contributed by atoms with Crippen LogP contribution in [0.3, 0.4) is 0 Å². The van der Waals surface area contributed by atoms with Crippen LogP contribution in [0.4, 0.5) is 4.79 Å². The van der Waals surface area contributed by atoms with E-state index in [1.165, 1.54) is 14.2 Å². The number of aromatic amines is 2. The number of alkyl carbamates (subject to hydrolysis) is 1. The fraction of sp³-hybridized carbons (Fsp3) is 0.396. The highest BCUT2D eigenvalue weighted by Gasteiger charge is 2.42. The molecule has 1 unspecified atom stereocenters. The number of likely N-dealkylation sites (tertiary alicyclic amines) is 2. The Bertz CT molecular complexity index is 2680. The van der Waals surface area contributed by atoms with Gasteiger partial charge in [0.2, 0.25) is 12.3 Å². The van der Waals surface area contributed by atoms with E-state index in [1.807, 2.05) is 61.3 Å². The molecule has 0 saturated carbocycles. The first-order valence-electron chi connectivity index (χ1n) is 21.8. The smallest absolute Gasteiger partial charge is 0.407 e. The minimum Gasteiger partial charge on any atom is -0.488 e. The van der Waals surface area contributed by atoms with E-state index in [1.54, 1.807) is 12.0 Å². The SMILES string of the molecule is COC[C@H]1C[C@@H](c2nc3ccc4cc5c(cc4c3[nH]2)OCc2cc(-c3cnc([C@@H]4CCCN4C(=O)[C@@H](NC(O)OC)C(C)C)[nH]3)ccc2-5)N(C(=O)[C@H](NC(=O)OC)c2ccccc2)C1. The van der Waals surface area contributed by atoms with Gasteiger partial charge < -0.3 is 49.1 Å². The van der Waals surface area contributed by atoms with Crippen LogP contribution < -0.4 is 15.4 Å². The van der Waals surface area contributed by atoms with Crippen LogP contribution in [0.2, 0.25) is 0 Å². The largest absolute Gasteiger partial charge is 0.488 e. The van der Waals surface area contributed by atoms with E-state index in [0.29, 0.717) is 44.1 Å². The third-order valence-electron chi connectivity index (χ3n) is 12.8. The summed E-state index contributed by atoms with van der Waals surface area (Å²) in [7, 11) is 4.32. The first-order valence-corrected chi connectivity index (χ1v) is 21.8. The van der Waals surface area contributed by atoms with Crippen molar-refractivity contribution in [1.29, 1.82) is 0 Å². The Morgan fingerprint density at radius 3 is 2.53 bits per heavy atom. The number of carbonyl (C=O) groups is 3. The second-order valence-corrected chi connectivity index (χ2v) is 17.2. The lowest BCUT2D eigenvalue weighted by atomic mass is 9.92. The molecule has 3 aliphatic heterocycles. The van der Waals surface area contributed by atoms with Crippen LogP contribution in [-0.4, -0.2) is 106 Å². The third kappa shape index (κ3) is 8.17. The number of ether oxygens (including phenoxy) is 4. The van der Waals surface area contributed by atoms with Crippen molar-refractivity contribution in [3.63, 3.8) is 0 Å². The summed E-state index contributed by atoms with van der Waals surface area (Å²) >= 11 is 0. The number of carbonyl (C=O) groups excluding carboxylic acids is 3. The maximum absolute atomic E-state index is 14.4. The van der Waals surface area contributed by atoms with Gasteiger partial charge >= 0.3 is 6.09 Å². The number of hydrogen-bond acceptors (Lipinski definition) is 11. The summed E-state index contributed by atoms with van der Waals surface area (Å²) in [5.41, 5.74) is 7.16. The van der Waals surface area contributed by atoms with Crippen molar-refractivity contribution in [1.82, 2.24) is 40.4 Å². The molecule has 3 aliphatic rings. The first-order chi connectivity index (χ1) is 31.0. The molecule has 0 aliphatic carbocycles. The van der Waals surface area contributed by atoms with Crippen LogP contribution in [0.1, 0.15) is 74.0 Å². The van der Waals surface area contributed by atoms with Gasteiger partial charge in [-0.1, -0.05) is 62.4 Å². The lowest BCUT2D eigenvalue weighted by molar-refractivity contribution is -0.145. The number of nitrogens with zero attached hydrogens (tertiary/aromatic N) is 4. The Hall–Kier alpha value is -6.33. The zero-order valence-corrected chi connectivity index (χ0v) is 36.6. The van der Waals surface area contributed by atoms with Gasteiger partial charge in [0.25, 0.3) is 5.91 Å². The van der Waals surface area contributed by atoms with E-state index in [9.17, 15) is 19.5 Å². The molecule has 0 bridgehead atoms. The number of benzene rings is 4. The lowest BCUT2D eigenvalue weighted by Gasteiger charge is -2.31. The lowest BCUT2D eigenvalue weighted by Crippen LogP contribution is -2.52. The summed E-state index contributed by atoms with van der Waals surface area (Å²) in [5, 5.41) is 17.7. The van der Waals surface area contributed by atoms with Gasteiger partial charge in [-0.2, -0.15) is 0 Å². The van der Waals surface area contributed by atoms with E-state index >= 15 is 0 Å². The highest BCUT2D eigenvalue weighted by Crippen LogP contribution is 2.44. The molecule has 16 nitrogen and oxygen atoms in total. The van der Waals surface area contributed by atoms with E-state index in [0.717, 1.165) is 74.2 Å². The van der Waals surface area contributed by atoms with Crippen LogP contribution in [0, 0.1) is 11.8 Å². The van der Waals surface area contributed by atoms with Crippen molar-refractivity contribution in [2.45, 2.75) is 70.3 Å². The highest BCUT2D eigenvalue weighted by atomic mass is 16.6. The molecular formula is C48H54N8O8. The number of amides is 3. The number of rotatable bonds is 13. The molecule has 0 radical (unpaired) electrons. The molecule has 64 heavy (non-hydrogen) atoms. The standard InChI is InChI=1S/C48H54N8O8/c1-26(2)40(53-47(59)62-4)45(57)55-17-9-12-37(55)43-49-22-36(51-43)30-13-15-32-31(19-30)25-64-39-21-33-29(20-34(32)39)14-16-35-42(33)52-44(50-35)38-18-27(24-61-3)23-56(38)46(58)41(54-48(60)63-5)28-10-7-6-8-11-28/h6-8,10-11,13-16,19-22,26-27,37-38,40-41,47,53,59H,9,12,17-18,23-25H2,1-5H3,(H,49,51)(H,50,52)(H,54,60)/t27-,37-,38-,40-,41+,47?/m0/s1. The molecule has 6 atom stereocenters. The number of aliphatic hydroxyl groups is 1. The molecule has 0 spiro atoms. The number of methoxy groups -OCH3 is 3. The minimum atomic E-state index is -1.24. The van der Waals surface area contributed by atoms with Gasteiger partial charge in [0.05, 0.1) is 54.8 Å². The van der Waals surface area contributed by atoms with Gasteiger partial charge in [0.15, 0.2) is 0 Å². The summed E-state index contributed by atoms with van der Waals surface area (Å²) in [5.74, 6) is 1.79. The predicted octanol–water partition coefficient (Wildman–Crippen LogP) is 6.50. The molecule has 5 heterocycles. The van der Waals surface area contributed by atoms with Crippen LogP contribution in [-0.2, 0) is 30.4 Å². The van der Waals surface area contributed by atoms with Crippen molar-refractivity contribution in [2.75, 3.05) is 41.0 Å². The Kier molecular flexibility index (Phi) is 12.1. The molecule has 9 rings (SSSR count). The Morgan fingerprint density at radius 2 is 1.77 bits per heavy atom. The summed E-state index contributed by atoms with van der Waals surface area (Å²) in [6.45, 7) is 5.76. The molecule has 2 saturated heterocycles. The maximum Gasteiger partial charge on any atom is 0.407 e. The molecule has 5 N–H and O–H groups in total. The number of H-pyrrole nitrogens is 2. The zero-order chi connectivity index (χ0) is 44.6. The van der Waals surface area contributed by atoms with Gasteiger partial charge in [0, 0.05) is 44.2 Å². The van der Waals surface area contributed by atoms with Crippen LogP contribution >= 0.6 is 0 Å². The topological polar surface area (TPSA) is 196 Å². The average molecular weight is 871 g/mol. The van der Waals surface area contributed by atoms with Gasteiger partial charge in [-0.3, -0.25) is 14.9 Å². The summed E-state index contributed by atoms with van der Waals surface area (Å²) in [6, 6.07) is 21.6. The fourth-order valence-electron chi connectivity index (χ4n) is 9.61. The number of nitrogens with one attached hydrogen (secondary N) is 4. The Labute approximate surface area is 370 Å². The Morgan fingerprint density at radius 1 is 0.938 bits per heavy atom. The predicted molar refractivity (Wildman–Crippen MR) is 239 cm³/mol. The fourth-order valence-corrected chi connectivity index (χ4v) is 9.61. The van der Waals surface area contributed by atoms with Gasteiger partial charge in [-0.05, 0) is 77.1 Å². The van der Waals surface area contributed by atoms with Crippen molar-refractivity contribution in [2.24, 2.45) is 11.8 Å². The van der Waals surface area contributed by atoms with E-state index < -0.39 is 30.6 Å². The summed E-state index contributed by atoms with van der Waals surface area (Å²) in [6.07, 6.45) is 2.15. The van der Waals surface area contributed by atoms with Crippen LogP contribution in [0.15, 0.2) is 79.0 Å². The number of aromatic nitrogens is 4. The normalized spacial score (nSPS) is 19.6. The van der Waals surface area contributed by atoms with Gasteiger partial charge in [0.1, 0.15) is 30.0 Å². The van der Waals surface area contributed by atoms with E-state index in [4.69, 9.17) is 28.9 Å². The van der Waals surface area contributed by atoms with E-state index in [-0.39, 0.29) is 29.7 Å². The quantitative estimate of drug-likeness (QED) is 0.0796. The monoisotopic (exact) mass is 870 g/mol. The molecular weight excluding hydrogens is 817 g/mol. The van der Waals surface area contributed by atoms with E-state index in [2.05, 4.69) is 57.0 Å². The van der Waals surface area contributed by atoms with Gasteiger partial charge in [-0.15, -0.1) is 0 Å².